The van der Waals surface area contributed by atoms with Crippen molar-refractivity contribution < 1.29 is 9.53 Å². The maximum Gasteiger partial charge on any atom is 0.419 e. The quantitative estimate of drug-likeness (QED) is 0.361. The van der Waals surface area contributed by atoms with Gasteiger partial charge in [0, 0.05) is 29.7 Å². The van der Waals surface area contributed by atoms with Crippen molar-refractivity contribution in [3.63, 3.8) is 0 Å². The van der Waals surface area contributed by atoms with Gasteiger partial charge in [0.05, 0.1) is 5.52 Å². The second-order valence-electron chi connectivity index (χ2n) is 12.0. The van der Waals surface area contributed by atoms with Gasteiger partial charge in [-0.3, -0.25) is 0 Å². The number of ether oxygens (including phenoxy) is 1. The van der Waals surface area contributed by atoms with Crippen molar-refractivity contribution in [1.29, 1.82) is 0 Å². The molecule has 0 N–H and O–H groups in total. The van der Waals surface area contributed by atoms with Crippen molar-refractivity contribution in [3.8, 4) is 0 Å². The van der Waals surface area contributed by atoms with E-state index in [0.29, 0.717) is 5.92 Å². The van der Waals surface area contributed by atoms with E-state index in [9.17, 15) is 4.79 Å². The van der Waals surface area contributed by atoms with E-state index < -0.39 is 0 Å². The van der Waals surface area contributed by atoms with Crippen LogP contribution in [0, 0.1) is 28.6 Å². The summed E-state index contributed by atoms with van der Waals surface area (Å²) < 4.78 is 9.74. The number of nitrogens with zero attached hydrogens (tertiary/aromatic N) is 3. The minimum Gasteiger partial charge on any atom is -0.441 e. The Morgan fingerprint density at radius 3 is 2.75 bits per heavy atom. The molecule has 7 rings (SSSR count). The van der Waals surface area contributed by atoms with E-state index in [-0.39, 0.29) is 23.0 Å². The molecule has 0 saturated heterocycles. The summed E-state index contributed by atoms with van der Waals surface area (Å²) in [6.07, 6.45) is 19.6. The Bertz CT molecular complexity index is 1380. The van der Waals surface area contributed by atoms with E-state index in [2.05, 4.69) is 72.1 Å². The maximum absolute atomic E-state index is 12.5. The lowest BCUT2D eigenvalue weighted by atomic mass is 9.47. The molecule has 0 amide bonds. The number of carbonyl (C=O) groups excluding carboxylic acids is 1. The van der Waals surface area contributed by atoms with Crippen LogP contribution in [0.3, 0.4) is 0 Å². The predicted molar refractivity (Wildman–Crippen MR) is 141 cm³/mol. The van der Waals surface area contributed by atoms with Gasteiger partial charge in [-0.2, -0.15) is 0 Å². The number of rotatable bonds is 2. The average molecular weight is 482 g/mol. The molecule has 0 radical (unpaired) electrons. The summed E-state index contributed by atoms with van der Waals surface area (Å²) in [5.41, 5.74) is 4.85. The zero-order valence-corrected chi connectivity index (χ0v) is 21.3. The molecule has 2 heterocycles. The molecule has 0 bridgehead atoms. The van der Waals surface area contributed by atoms with Crippen LogP contribution in [0.2, 0.25) is 0 Å². The van der Waals surface area contributed by atoms with Gasteiger partial charge in [-0.15, -0.1) is 0 Å². The third kappa shape index (κ3) is 3.14. The van der Waals surface area contributed by atoms with Crippen LogP contribution in [0.5, 0.6) is 0 Å². The average Bonchev–Trinajstić information content (AvgIpc) is 3.62. The lowest BCUT2D eigenvalue weighted by Gasteiger charge is -2.58. The Hall–Kier alpha value is -3.08. The van der Waals surface area contributed by atoms with Gasteiger partial charge in [-0.05, 0) is 91.7 Å². The normalized spacial score (nSPS) is 35.4. The van der Waals surface area contributed by atoms with Gasteiger partial charge in [0.1, 0.15) is 12.4 Å². The molecule has 2 fully saturated rings. The number of aromatic nitrogens is 3. The predicted octanol–water partition coefficient (Wildman–Crippen LogP) is 7.30. The molecule has 6 atom stereocenters. The lowest BCUT2D eigenvalue weighted by Crippen LogP contribution is -2.50. The van der Waals surface area contributed by atoms with Crippen LogP contribution < -0.4 is 0 Å². The van der Waals surface area contributed by atoms with Gasteiger partial charge in [-0.25, -0.2) is 14.3 Å². The number of allylic oxidation sites excluding steroid dienone is 3. The molecule has 2 saturated carbocycles. The monoisotopic (exact) mass is 481 g/mol. The molecule has 2 aromatic heterocycles. The van der Waals surface area contributed by atoms with E-state index in [1.165, 1.54) is 58.8 Å². The van der Waals surface area contributed by atoms with Crippen LogP contribution in [0.1, 0.15) is 58.8 Å². The van der Waals surface area contributed by atoms with Crippen molar-refractivity contribution in [2.75, 3.05) is 0 Å². The summed E-state index contributed by atoms with van der Waals surface area (Å²) in [5.74, 6) is 2.18. The number of para-hydroxylation sites is 1. The molecule has 5 nitrogen and oxygen atoms in total. The first-order chi connectivity index (χ1) is 17.5. The summed E-state index contributed by atoms with van der Waals surface area (Å²) in [5, 5.41) is 1.32. The van der Waals surface area contributed by atoms with E-state index >= 15 is 0 Å². The highest BCUT2D eigenvalue weighted by Gasteiger charge is 2.57. The molecule has 3 aromatic rings. The van der Waals surface area contributed by atoms with E-state index in [4.69, 9.17) is 4.74 Å². The van der Waals surface area contributed by atoms with E-state index in [1.807, 2.05) is 0 Å². The molecule has 186 valence electrons. The van der Waals surface area contributed by atoms with Gasteiger partial charge in [0.2, 0.25) is 0 Å². The Balaban J connectivity index is 1.13. The molecule has 0 spiro atoms. The Morgan fingerprint density at radius 1 is 1.03 bits per heavy atom. The molecule has 1 aromatic carbocycles. The summed E-state index contributed by atoms with van der Waals surface area (Å²) in [4.78, 5) is 16.4. The molecule has 36 heavy (non-hydrogen) atoms. The van der Waals surface area contributed by atoms with Gasteiger partial charge in [0.25, 0.3) is 0 Å². The molecule has 0 aliphatic heterocycles. The Kier molecular flexibility index (Phi) is 4.90. The zero-order valence-electron chi connectivity index (χ0n) is 21.3. The van der Waals surface area contributed by atoms with Crippen molar-refractivity contribution in [3.05, 3.63) is 73.0 Å². The Morgan fingerprint density at radius 2 is 1.89 bits per heavy atom. The van der Waals surface area contributed by atoms with Crippen LogP contribution in [0.15, 0.2) is 73.0 Å². The lowest BCUT2D eigenvalue weighted by molar-refractivity contribution is -0.0302. The number of fused-ring (bicyclic) bond motifs is 6. The van der Waals surface area contributed by atoms with Gasteiger partial charge < -0.3 is 9.30 Å². The molecule has 4 unspecified atom stereocenters. The topological polar surface area (TPSA) is 49.1 Å². The highest BCUT2D eigenvalue weighted by molar-refractivity contribution is 5.84. The molecule has 4 aliphatic carbocycles. The highest BCUT2D eigenvalue weighted by atomic mass is 16.6. The van der Waals surface area contributed by atoms with Crippen molar-refractivity contribution in [2.45, 2.75) is 64.9 Å². The fourth-order valence-corrected chi connectivity index (χ4v) is 8.56. The smallest absolute Gasteiger partial charge is 0.419 e. The fraction of sp³-hybridized carbons (Fsp3) is 0.484. The van der Waals surface area contributed by atoms with Crippen molar-refractivity contribution in [1.82, 2.24) is 14.1 Å². The van der Waals surface area contributed by atoms with Gasteiger partial charge in [-0.1, -0.05) is 43.7 Å². The third-order valence-corrected chi connectivity index (χ3v) is 10.4. The summed E-state index contributed by atoms with van der Waals surface area (Å²) in [6.45, 7) is 5.05. The summed E-state index contributed by atoms with van der Waals surface area (Å²) in [7, 11) is 0. The number of hydrogen-bond donors (Lipinski definition) is 0. The minimum absolute atomic E-state index is 0.129. The number of benzene rings is 1. The van der Waals surface area contributed by atoms with Crippen molar-refractivity contribution in [2.24, 2.45) is 28.6 Å². The van der Waals surface area contributed by atoms with E-state index in [0.717, 1.165) is 31.1 Å². The standard InChI is InChI=1S/C31H35N3O2/c1-30-14-11-23(36-29(35)33-18-16-32-20-33)19-22(30)7-8-24-25-9-10-28(31(25,2)15-12-26(24)30)34-17-13-21-5-3-4-6-27(21)34/h3-6,10,13,16-20,23-26H,7-9,11-12,14-15H2,1-2H3/t23?,24?,25?,26?,30-,31-/m0/s1. The highest BCUT2D eigenvalue weighted by Crippen LogP contribution is 2.66. The molecular weight excluding hydrogens is 446 g/mol. The summed E-state index contributed by atoms with van der Waals surface area (Å²) in [6, 6.07) is 11.0. The van der Waals surface area contributed by atoms with Crippen LogP contribution in [-0.2, 0) is 4.74 Å². The molecular formula is C31H35N3O2. The Labute approximate surface area is 212 Å². The first kappa shape index (κ1) is 22.1. The number of imidazole rings is 1. The van der Waals surface area contributed by atoms with Crippen molar-refractivity contribution >= 4 is 22.7 Å². The third-order valence-electron chi connectivity index (χ3n) is 10.4. The SMILES string of the molecule is C[C@]12CCC(OC(=O)n3ccnc3)C=C1CCC1C2CC[C@]2(C)C(n3ccc4ccccc43)=CCC12. The number of hydrogen-bond acceptors (Lipinski definition) is 3. The summed E-state index contributed by atoms with van der Waals surface area (Å²) >= 11 is 0. The van der Waals surface area contributed by atoms with E-state index in [1.54, 1.807) is 12.4 Å². The maximum atomic E-state index is 12.5. The molecule has 4 aliphatic rings. The van der Waals surface area contributed by atoms with Gasteiger partial charge >= 0.3 is 6.09 Å². The fourth-order valence-electron chi connectivity index (χ4n) is 8.56. The second kappa shape index (κ2) is 7.96. The first-order valence-electron chi connectivity index (χ1n) is 13.6. The first-order valence-corrected chi connectivity index (χ1v) is 13.6. The van der Waals surface area contributed by atoms with Crippen LogP contribution >= 0.6 is 0 Å². The largest absolute Gasteiger partial charge is 0.441 e. The van der Waals surface area contributed by atoms with Crippen LogP contribution in [0.4, 0.5) is 4.79 Å². The van der Waals surface area contributed by atoms with Crippen LogP contribution in [0.25, 0.3) is 16.6 Å². The number of carbonyl (C=O) groups is 1. The second-order valence-corrected chi connectivity index (χ2v) is 12.0. The zero-order chi connectivity index (χ0) is 24.5. The minimum atomic E-state index is -0.331. The van der Waals surface area contributed by atoms with Crippen LogP contribution in [-0.4, -0.2) is 26.3 Å². The van der Waals surface area contributed by atoms with Gasteiger partial charge in [0.15, 0.2) is 0 Å². The molecule has 5 heteroatoms.